The van der Waals surface area contributed by atoms with E-state index in [1.165, 1.54) is 4.31 Å². The van der Waals surface area contributed by atoms with E-state index in [9.17, 15) is 13.2 Å². The lowest BCUT2D eigenvalue weighted by atomic mass is 9.95. The van der Waals surface area contributed by atoms with Crippen LogP contribution in [-0.2, 0) is 14.8 Å². The molecule has 0 bridgehead atoms. The molecule has 0 radical (unpaired) electrons. The third-order valence-electron chi connectivity index (χ3n) is 7.04. The predicted molar refractivity (Wildman–Crippen MR) is 137 cm³/mol. The van der Waals surface area contributed by atoms with Gasteiger partial charge in [0, 0.05) is 42.9 Å². The summed E-state index contributed by atoms with van der Waals surface area (Å²) < 4.78 is 28.7. The molecule has 184 valence electrons. The minimum Gasteiger partial charge on any atom is -0.368 e. The highest BCUT2D eigenvalue weighted by Gasteiger charge is 2.35. The van der Waals surface area contributed by atoms with Gasteiger partial charge in [-0.15, -0.1) is 0 Å². The largest absolute Gasteiger partial charge is 0.368 e. The lowest BCUT2D eigenvalue weighted by Crippen LogP contribution is -2.53. The molecule has 2 aromatic rings. The summed E-state index contributed by atoms with van der Waals surface area (Å²) in [7, 11) is -3.75. The molecule has 2 aliphatic rings. The minimum atomic E-state index is -3.75. The van der Waals surface area contributed by atoms with Crippen LogP contribution in [0.1, 0.15) is 43.2 Å². The van der Waals surface area contributed by atoms with E-state index in [4.69, 9.17) is 11.6 Å². The van der Waals surface area contributed by atoms with Gasteiger partial charge in [0.1, 0.15) is 0 Å². The van der Waals surface area contributed by atoms with Gasteiger partial charge in [0.25, 0.3) is 0 Å². The highest BCUT2D eigenvalue weighted by molar-refractivity contribution is 7.89. The molecule has 2 fully saturated rings. The Kier molecular flexibility index (Phi) is 7.85. The number of nitrogens with zero attached hydrogens (tertiary/aromatic N) is 3. The quantitative estimate of drug-likeness (QED) is 0.576. The Labute approximate surface area is 208 Å². The molecule has 1 amide bonds. The average molecular weight is 504 g/mol. The number of piperazine rings is 1. The van der Waals surface area contributed by atoms with E-state index in [1.54, 1.807) is 17.0 Å². The number of halogens is 1. The number of aryl methyl sites for hydroxylation is 2. The Morgan fingerprint density at radius 3 is 2.26 bits per heavy atom. The molecule has 1 saturated heterocycles. The molecule has 1 saturated carbocycles. The van der Waals surface area contributed by atoms with Gasteiger partial charge in [-0.05, 0) is 56.5 Å². The number of hydrogen-bond acceptors (Lipinski definition) is 4. The lowest BCUT2D eigenvalue weighted by Gasteiger charge is -2.39. The molecule has 0 aromatic heterocycles. The molecule has 2 aromatic carbocycles. The summed E-state index contributed by atoms with van der Waals surface area (Å²) in [5.41, 5.74) is 3.24. The molecule has 1 heterocycles. The summed E-state index contributed by atoms with van der Waals surface area (Å²) in [5, 5.41) is 0.698. The molecule has 8 heteroatoms. The van der Waals surface area contributed by atoms with Gasteiger partial charge in [-0.2, -0.15) is 4.31 Å². The number of sulfonamides is 1. The summed E-state index contributed by atoms with van der Waals surface area (Å²) >= 11 is 6.19. The van der Waals surface area contributed by atoms with Gasteiger partial charge in [-0.25, -0.2) is 8.42 Å². The highest BCUT2D eigenvalue weighted by Crippen LogP contribution is 2.29. The predicted octanol–water partition coefficient (Wildman–Crippen LogP) is 4.63. The van der Waals surface area contributed by atoms with E-state index >= 15 is 0 Å². The first-order valence-corrected chi connectivity index (χ1v) is 13.9. The van der Waals surface area contributed by atoms with Crippen LogP contribution in [-0.4, -0.2) is 62.3 Å². The standard InChI is InChI=1S/C26H34ClN3O3S/c1-20-8-12-24(13-9-20)34(32,33)30(23-6-4-3-5-7-23)19-26(31)29-16-14-28(15-17-29)25-18-22(27)11-10-21(25)2/h8-13,18,23H,3-7,14-17,19H2,1-2H3. The van der Waals surface area contributed by atoms with Crippen molar-refractivity contribution in [2.75, 3.05) is 37.6 Å². The number of hydrogen-bond donors (Lipinski definition) is 0. The molecule has 4 rings (SSSR count). The van der Waals surface area contributed by atoms with Gasteiger partial charge < -0.3 is 9.80 Å². The second-order valence-electron chi connectivity index (χ2n) is 9.45. The van der Waals surface area contributed by atoms with Crippen LogP contribution >= 0.6 is 11.6 Å². The Balaban J connectivity index is 1.48. The number of amides is 1. The maximum absolute atomic E-state index is 13.6. The minimum absolute atomic E-state index is 0.100. The van der Waals surface area contributed by atoms with Crippen molar-refractivity contribution < 1.29 is 13.2 Å². The van der Waals surface area contributed by atoms with E-state index in [-0.39, 0.29) is 23.4 Å². The molecule has 1 aliphatic carbocycles. The molecule has 0 N–H and O–H groups in total. The van der Waals surface area contributed by atoms with Crippen LogP contribution in [0.3, 0.4) is 0 Å². The summed E-state index contributed by atoms with van der Waals surface area (Å²) in [6, 6.07) is 12.7. The summed E-state index contributed by atoms with van der Waals surface area (Å²) in [5.74, 6) is -0.122. The van der Waals surface area contributed by atoms with Crippen LogP contribution in [0.5, 0.6) is 0 Å². The zero-order valence-electron chi connectivity index (χ0n) is 20.0. The van der Waals surface area contributed by atoms with Crippen molar-refractivity contribution in [3.05, 3.63) is 58.6 Å². The van der Waals surface area contributed by atoms with E-state index in [1.807, 2.05) is 37.3 Å². The topological polar surface area (TPSA) is 60.9 Å². The summed E-state index contributed by atoms with van der Waals surface area (Å²) in [6.07, 6.45) is 4.72. The molecular weight excluding hydrogens is 470 g/mol. The fourth-order valence-electron chi connectivity index (χ4n) is 4.98. The first-order valence-electron chi connectivity index (χ1n) is 12.1. The maximum Gasteiger partial charge on any atom is 0.243 e. The van der Waals surface area contributed by atoms with Crippen LogP contribution in [0.4, 0.5) is 5.69 Å². The van der Waals surface area contributed by atoms with Gasteiger partial charge in [0.15, 0.2) is 0 Å². The second kappa shape index (κ2) is 10.7. The second-order valence-corrected chi connectivity index (χ2v) is 11.8. The molecule has 6 nitrogen and oxygen atoms in total. The zero-order valence-corrected chi connectivity index (χ0v) is 21.6. The number of anilines is 1. The monoisotopic (exact) mass is 503 g/mol. The fraction of sp³-hybridized carbons (Fsp3) is 0.500. The Morgan fingerprint density at radius 2 is 1.62 bits per heavy atom. The average Bonchev–Trinajstić information content (AvgIpc) is 2.84. The highest BCUT2D eigenvalue weighted by atomic mass is 35.5. The van der Waals surface area contributed by atoms with Crippen LogP contribution in [0.25, 0.3) is 0 Å². The zero-order chi connectivity index (χ0) is 24.3. The van der Waals surface area contributed by atoms with Crippen molar-refractivity contribution in [3.8, 4) is 0 Å². The van der Waals surface area contributed by atoms with Crippen molar-refractivity contribution in [1.82, 2.24) is 9.21 Å². The van der Waals surface area contributed by atoms with E-state index in [0.29, 0.717) is 31.2 Å². The molecule has 34 heavy (non-hydrogen) atoms. The van der Waals surface area contributed by atoms with Crippen molar-refractivity contribution in [2.45, 2.75) is 56.9 Å². The number of benzene rings is 2. The first kappa shape index (κ1) is 25.0. The van der Waals surface area contributed by atoms with Crippen LogP contribution < -0.4 is 4.90 Å². The summed E-state index contributed by atoms with van der Waals surface area (Å²) in [6.45, 7) is 6.41. The van der Waals surface area contributed by atoms with Gasteiger partial charge >= 0.3 is 0 Å². The Morgan fingerprint density at radius 1 is 0.971 bits per heavy atom. The Hall–Kier alpha value is -2.09. The lowest BCUT2D eigenvalue weighted by molar-refractivity contribution is -0.132. The normalized spacial score (nSPS) is 17.9. The maximum atomic E-state index is 13.6. The third kappa shape index (κ3) is 5.58. The van der Waals surface area contributed by atoms with Gasteiger partial charge in [-0.3, -0.25) is 4.79 Å². The van der Waals surface area contributed by atoms with Crippen molar-refractivity contribution >= 4 is 33.2 Å². The van der Waals surface area contributed by atoms with Gasteiger partial charge in [0.05, 0.1) is 11.4 Å². The van der Waals surface area contributed by atoms with Gasteiger partial charge in [0.2, 0.25) is 15.9 Å². The van der Waals surface area contributed by atoms with E-state index < -0.39 is 10.0 Å². The van der Waals surface area contributed by atoms with E-state index in [2.05, 4.69) is 11.8 Å². The van der Waals surface area contributed by atoms with Crippen LogP contribution in [0.2, 0.25) is 5.02 Å². The van der Waals surface area contributed by atoms with Crippen molar-refractivity contribution in [2.24, 2.45) is 0 Å². The fourth-order valence-corrected chi connectivity index (χ4v) is 6.78. The van der Waals surface area contributed by atoms with Crippen molar-refractivity contribution in [1.29, 1.82) is 0 Å². The van der Waals surface area contributed by atoms with E-state index in [0.717, 1.165) is 48.9 Å². The van der Waals surface area contributed by atoms with Gasteiger partial charge in [-0.1, -0.05) is 54.6 Å². The molecule has 0 unspecified atom stereocenters. The molecule has 0 spiro atoms. The first-order chi connectivity index (χ1) is 16.3. The molecule has 1 aliphatic heterocycles. The van der Waals surface area contributed by atoms with Crippen molar-refractivity contribution in [3.63, 3.8) is 0 Å². The SMILES string of the molecule is Cc1ccc(S(=O)(=O)N(CC(=O)N2CCN(c3cc(Cl)ccc3C)CC2)C2CCCCC2)cc1. The number of carbonyl (C=O) groups is 1. The Bertz CT molecular complexity index is 1110. The number of carbonyl (C=O) groups excluding carboxylic acids is 1. The molecule has 0 atom stereocenters. The number of rotatable bonds is 6. The van der Waals surface area contributed by atoms with Crippen LogP contribution in [0, 0.1) is 13.8 Å². The molecular formula is C26H34ClN3O3S. The third-order valence-corrected chi connectivity index (χ3v) is 9.19. The summed E-state index contributed by atoms with van der Waals surface area (Å²) in [4.78, 5) is 17.6. The van der Waals surface area contributed by atoms with Crippen LogP contribution in [0.15, 0.2) is 47.4 Å². The smallest absolute Gasteiger partial charge is 0.243 e.